The molecular weight excluding hydrogens is 248 g/mol. The zero-order valence-corrected chi connectivity index (χ0v) is 11.0. The maximum atomic E-state index is 11.7. The maximum Gasteiger partial charge on any atom is 0.315 e. The molecule has 3 N–H and O–H groups in total. The van der Waals surface area contributed by atoms with Crippen LogP contribution in [0.5, 0.6) is 0 Å². The van der Waals surface area contributed by atoms with Crippen LogP contribution >= 0.6 is 0 Å². The molecule has 1 atom stereocenters. The number of nitrogens with one attached hydrogen (secondary N) is 2. The fourth-order valence-electron chi connectivity index (χ4n) is 1.40. The first-order chi connectivity index (χ1) is 8.86. The van der Waals surface area contributed by atoms with Gasteiger partial charge in [0.1, 0.15) is 5.92 Å². The highest BCUT2D eigenvalue weighted by atomic mass is 16.4. The Hall–Kier alpha value is -2.37. The second-order valence-electron chi connectivity index (χ2n) is 4.16. The molecular formula is C13H16N2O4. The molecule has 0 aliphatic carbocycles. The Morgan fingerprint density at radius 3 is 2.42 bits per heavy atom. The van der Waals surface area contributed by atoms with E-state index in [9.17, 15) is 14.4 Å². The fourth-order valence-corrected chi connectivity index (χ4v) is 1.40. The van der Waals surface area contributed by atoms with Gasteiger partial charge in [0, 0.05) is 18.3 Å². The standard InChI is InChI=1S/C13H16N2O4/c1-7-4-5-9(12(17)14-3)6-10(7)15-11(16)8(2)13(18)19/h4-6,8H,1-3H3,(H,14,17)(H,15,16)(H,18,19). The van der Waals surface area contributed by atoms with Crippen LogP contribution in [-0.4, -0.2) is 29.9 Å². The first kappa shape index (κ1) is 14.7. The van der Waals surface area contributed by atoms with Crippen LogP contribution in [0.2, 0.25) is 0 Å². The van der Waals surface area contributed by atoms with Gasteiger partial charge in [-0.05, 0) is 31.5 Å². The lowest BCUT2D eigenvalue weighted by atomic mass is 10.1. The van der Waals surface area contributed by atoms with E-state index in [2.05, 4.69) is 10.6 Å². The molecule has 0 bridgehead atoms. The van der Waals surface area contributed by atoms with Gasteiger partial charge < -0.3 is 15.7 Å². The topological polar surface area (TPSA) is 95.5 Å². The number of carbonyl (C=O) groups excluding carboxylic acids is 2. The zero-order chi connectivity index (χ0) is 14.6. The summed E-state index contributed by atoms with van der Waals surface area (Å²) in [5.41, 5.74) is 1.57. The van der Waals surface area contributed by atoms with Crippen LogP contribution in [0.25, 0.3) is 0 Å². The summed E-state index contributed by atoms with van der Waals surface area (Å²) in [4.78, 5) is 33.9. The van der Waals surface area contributed by atoms with Crippen LogP contribution in [0, 0.1) is 12.8 Å². The lowest BCUT2D eigenvalue weighted by molar-refractivity contribution is -0.144. The molecule has 0 spiro atoms. The maximum absolute atomic E-state index is 11.7. The fraction of sp³-hybridized carbons (Fsp3) is 0.308. The number of benzene rings is 1. The molecule has 0 fully saturated rings. The monoisotopic (exact) mass is 264 g/mol. The Kier molecular flexibility index (Phi) is 4.63. The minimum Gasteiger partial charge on any atom is -0.481 e. The van der Waals surface area contributed by atoms with E-state index in [4.69, 9.17) is 5.11 Å². The van der Waals surface area contributed by atoms with Gasteiger partial charge in [-0.15, -0.1) is 0 Å². The summed E-state index contributed by atoms with van der Waals surface area (Å²) in [5.74, 6) is -3.24. The van der Waals surface area contributed by atoms with Gasteiger partial charge in [0.15, 0.2) is 0 Å². The Balaban J connectivity index is 2.97. The molecule has 1 unspecified atom stereocenters. The van der Waals surface area contributed by atoms with Crippen molar-refractivity contribution in [1.82, 2.24) is 5.32 Å². The molecule has 0 aliphatic rings. The van der Waals surface area contributed by atoms with E-state index in [1.807, 2.05) is 0 Å². The largest absolute Gasteiger partial charge is 0.481 e. The highest BCUT2D eigenvalue weighted by Gasteiger charge is 2.21. The number of carboxylic acid groups (broad SMARTS) is 1. The highest BCUT2D eigenvalue weighted by Crippen LogP contribution is 2.18. The molecule has 1 rings (SSSR count). The zero-order valence-electron chi connectivity index (χ0n) is 11.0. The summed E-state index contributed by atoms with van der Waals surface area (Å²) in [6, 6.07) is 4.83. The van der Waals surface area contributed by atoms with Crippen molar-refractivity contribution in [3.05, 3.63) is 29.3 Å². The molecule has 0 saturated carbocycles. The molecule has 2 amide bonds. The van der Waals surface area contributed by atoms with Gasteiger partial charge in [0.2, 0.25) is 5.91 Å². The van der Waals surface area contributed by atoms with Gasteiger partial charge >= 0.3 is 5.97 Å². The van der Waals surface area contributed by atoms with E-state index in [0.717, 1.165) is 5.56 Å². The van der Waals surface area contributed by atoms with Crippen molar-refractivity contribution < 1.29 is 19.5 Å². The third-order valence-corrected chi connectivity index (χ3v) is 2.75. The van der Waals surface area contributed by atoms with Crippen LogP contribution in [0.4, 0.5) is 5.69 Å². The molecule has 6 nitrogen and oxygen atoms in total. The second kappa shape index (κ2) is 5.99. The van der Waals surface area contributed by atoms with Crippen molar-refractivity contribution in [2.75, 3.05) is 12.4 Å². The summed E-state index contributed by atoms with van der Waals surface area (Å²) >= 11 is 0. The van der Waals surface area contributed by atoms with E-state index in [1.165, 1.54) is 20.0 Å². The molecule has 0 aromatic heterocycles. The molecule has 0 saturated heterocycles. The third-order valence-electron chi connectivity index (χ3n) is 2.75. The van der Waals surface area contributed by atoms with E-state index >= 15 is 0 Å². The number of rotatable bonds is 4. The van der Waals surface area contributed by atoms with Crippen LogP contribution in [0.3, 0.4) is 0 Å². The number of carboxylic acids is 1. The average molecular weight is 264 g/mol. The number of aliphatic carboxylic acids is 1. The van der Waals surface area contributed by atoms with Crippen LogP contribution < -0.4 is 10.6 Å². The molecule has 0 heterocycles. The summed E-state index contributed by atoms with van der Waals surface area (Å²) in [6.07, 6.45) is 0. The van der Waals surface area contributed by atoms with Crippen molar-refractivity contribution in [3.63, 3.8) is 0 Å². The molecule has 0 aliphatic heterocycles. The number of aryl methyl sites for hydroxylation is 1. The van der Waals surface area contributed by atoms with Gasteiger partial charge in [0.25, 0.3) is 5.91 Å². The Morgan fingerprint density at radius 2 is 1.89 bits per heavy atom. The predicted molar refractivity (Wildman–Crippen MR) is 70.0 cm³/mol. The SMILES string of the molecule is CNC(=O)c1ccc(C)c(NC(=O)C(C)C(=O)O)c1. The Bertz CT molecular complexity index is 525. The van der Waals surface area contributed by atoms with E-state index in [0.29, 0.717) is 11.3 Å². The Morgan fingerprint density at radius 1 is 1.26 bits per heavy atom. The molecule has 1 aromatic rings. The van der Waals surface area contributed by atoms with Gasteiger partial charge in [0.05, 0.1) is 0 Å². The number of hydrogen-bond donors (Lipinski definition) is 3. The summed E-state index contributed by atoms with van der Waals surface area (Å²) in [5, 5.41) is 13.7. The van der Waals surface area contributed by atoms with Crippen LogP contribution in [-0.2, 0) is 9.59 Å². The van der Waals surface area contributed by atoms with Gasteiger partial charge in [-0.3, -0.25) is 14.4 Å². The quantitative estimate of drug-likeness (QED) is 0.707. The molecule has 102 valence electrons. The molecule has 6 heteroatoms. The molecule has 0 radical (unpaired) electrons. The number of amides is 2. The highest BCUT2D eigenvalue weighted by molar-refractivity contribution is 6.05. The smallest absolute Gasteiger partial charge is 0.315 e. The van der Waals surface area contributed by atoms with Crippen molar-refractivity contribution in [1.29, 1.82) is 0 Å². The van der Waals surface area contributed by atoms with Gasteiger partial charge in [-0.25, -0.2) is 0 Å². The number of carbonyl (C=O) groups is 3. The Labute approximate surface area is 110 Å². The molecule has 19 heavy (non-hydrogen) atoms. The minimum absolute atomic E-state index is 0.276. The van der Waals surface area contributed by atoms with E-state index in [-0.39, 0.29) is 5.91 Å². The minimum atomic E-state index is -1.20. The summed E-state index contributed by atoms with van der Waals surface area (Å²) in [7, 11) is 1.51. The summed E-state index contributed by atoms with van der Waals surface area (Å²) < 4.78 is 0. The van der Waals surface area contributed by atoms with E-state index in [1.54, 1.807) is 19.1 Å². The van der Waals surface area contributed by atoms with Gasteiger partial charge in [-0.2, -0.15) is 0 Å². The normalized spacial score (nSPS) is 11.5. The molecule has 1 aromatic carbocycles. The summed E-state index contributed by atoms with van der Waals surface area (Å²) in [6.45, 7) is 3.06. The third kappa shape index (κ3) is 3.54. The van der Waals surface area contributed by atoms with Crippen LogP contribution in [0.15, 0.2) is 18.2 Å². The van der Waals surface area contributed by atoms with E-state index < -0.39 is 17.8 Å². The van der Waals surface area contributed by atoms with Crippen molar-refractivity contribution in [2.24, 2.45) is 5.92 Å². The van der Waals surface area contributed by atoms with Gasteiger partial charge in [-0.1, -0.05) is 6.07 Å². The number of hydrogen-bond acceptors (Lipinski definition) is 3. The number of anilines is 1. The first-order valence-corrected chi connectivity index (χ1v) is 5.73. The first-order valence-electron chi connectivity index (χ1n) is 5.73. The average Bonchev–Trinajstić information content (AvgIpc) is 2.39. The second-order valence-corrected chi connectivity index (χ2v) is 4.16. The predicted octanol–water partition coefficient (Wildman–Crippen LogP) is 1.01. The van der Waals surface area contributed by atoms with Crippen molar-refractivity contribution in [2.45, 2.75) is 13.8 Å². The van der Waals surface area contributed by atoms with Crippen LogP contribution in [0.1, 0.15) is 22.8 Å². The van der Waals surface area contributed by atoms with Crippen molar-refractivity contribution >= 4 is 23.5 Å². The lowest BCUT2D eigenvalue weighted by Gasteiger charge is -2.12. The van der Waals surface area contributed by atoms with Crippen molar-refractivity contribution in [3.8, 4) is 0 Å². The lowest BCUT2D eigenvalue weighted by Crippen LogP contribution is -2.27.